The molecule has 1 heterocycles. The molecule has 1 aliphatic heterocycles. The summed E-state index contributed by atoms with van der Waals surface area (Å²) < 4.78 is 21.2. The largest absolute Gasteiger partial charge is 0.494 e. The van der Waals surface area contributed by atoms with E-state index in [0.717, 1.165) is 11.3 Å². The highest BCUT2D eigenvalue weighted by Crippen LogP contribution is 2.45. The lowest BCUT2D eigenvalue weighted by molar-refractivity contribution is -0.151. The third-order valence-corrected chi connectivity index (χ3v) is 6.15. The number of allylic oxidation sites excluding steroid dienone is 3. The smallest absolute Gasteiger partial charge is 0.336 e. The molecule has 1 aromatic carbocycles. The predicted octanol–water partition coefficient (Wildman–Crippen LogP) is 3.28. The van der Waals surface area contributed by atoms with E-state index in [4.69, 9.17) is 18.9 Å². The third kappa shape index (κ3) is 5.17. The van der Waals surface area contributed by atoms with Gasteiger partial charge in [0.2, 0.25) is 0 Å². The number of carbonyl (C=O) groups excluding carboxylic acids is 3. The Morgan fingerprint density at radius 2 is 1.79 bits per heavy atom. The van der Waals surface area contributed by atoms with E-state index in [9.17, 15) is 14.4 Å². The van der Waals surface area contributed by atoms with Crippen molar-refractivity contribution in [1.82, 2.24) is 5.32 Å². The highest BCUT2D eigenvalue weighted by molar-refractivity contribution is 6.12. The molecule has 3 atom stereocenters. The Morgan fingerprint density at radius 3 is 2.41 bits per heavy atom. The fourth-order valence-corrected chi connectivity index (χ4v) is 4.62. The van der Waals surface area contributed by atoms with Crippen LogP contribution in [0.4, 0.5) is 0 Å². The molecule has 3 rings (SSSR count). The minimum absolute atomic E-state index is 0.0983. The van der Waals surface area contributed by atoms with Crippen molar-refractivity contribution in [3.8, 4) is 5.75 Å². The number of carbonyl (C=O) groups is 3. The van der Waals surface area contributed by atoms with Crippen LogP contribution in [0, 0.1) is 11.8 Å². The van der Waals surface area contributed by atoms with Crippen LogP contribution in [-0.4, -0.2) is 51.3 Å². The molecular weight excluding hydrogens is 438 g/mol. The first-order valence-electron chi connectivity index (χ1n) is 11.6. The highest BCUT2D eigenvalue weighted by Gasteiger charge is 2.47. The SMILES string of the molecule is CCOCCOC(=O)C1=C(C)NC2=C(C(=O)[C@H](C(=O)OC)[C@H](C)C2)[C@@H]1c1ccc(OCC)cc1. The van der Waals surface area contributed by atoms with Crippen molar-refractivity contribution in [3.05, 3.63) is 52.4 Å². The van der Waals surface area contributed by atoms with Crippen LogP contribution in [0.25, 0.3) is 0 Å². The molecule has 184 valence electrons. The normalized spacial score (nSPS) is 22.1. The van der Waals surface area contributed by atoms with Crippen LogP contribution < -0.4 is 10.1 Å². The van der Waals surface area contributed by atoms with Crippen molar-refractivity contribution in [2.75, 3.05) is 33.5 Å². The topological polar surface area (TPSA) is 100 Å². The lowest BCUT2D eigenvalue weighted by Gasteiger charge is -2.38. The fourth-order valence-electron chi connectivity index (χ4n) is 4.62. The van der Waals surface area contributed by atoms with E-state index < -0.39 is 23.8 Å². The second-order valence-corrected chi connectivity index (χ2v) is 8.37. The number of Topliss-reactive ketones (excluding diaryl/α,β-unsaturated/α-hetero) is 1. The van der Waals surface area contributed by atoms with Crippen molar-refractivity contribution in [3.63, 3.8) is 0 Å². The van der Waals surface area contributed by atoms with Crippen molar-refractivity contribution in [2.45, 2.75) is 40.0 Å². The van der Waals surface area contributed by atoms with E-state index in [1.807, 2.05) is 45.0 Å². The first-order chi connectivity index (χ1) is 16.3. The molecule has 34 heavy (non-hydrogen) atoms. The fraction of sp³-hybridized carbons (Fsp3) is 0.500. The minimum atomic E-state index is -0.927. The Hall–Kier alpha value is -3.13. The van der Waals surface area contributed by atoms with Gasteiger partial charge in [0.1, 0.15) is 18.3 Å². The van der Waals surface area contributed by atoms with Gasteiger partial charge < -0.3 is 24.3 Å². The number of benzene rings is 1. The molecule has 1 aromatic rings. The molecule has 0 saturated heterocycles. The maximum Gasteiger partial charge on any atom is 0.336 e. The van der Waals surface area contributed by atoms with Gasteiger partial charge in [-0.1, -0.05) is 19.1 Å². The van der Waals surface area contributed by atoms with Gasteiger partial charge in [-0.15, -0.1) is 0 Å². The van der Waals surface area contributed by atoms with Gasteiger partial charge in [-0.2, -0.15) is 0 Å². The molecule has 8 nitrogen and oxygen atoms in total. The molecule has 0 amide bonds. The van der Waals surface area contributed by atoms with Crippen LogP contribution in [0.1, 0.15) is 45.6 Å². The molecule has 0 spiro atoms. The second-order valence-electron chi connectivity index (χ2n) is 8.37. The maximum atomic E-state index is 13.7. The Morgan fingerprint density at radius 1 is 1.09 bits per heavy atom. The van der Waals surface area contributed by atoms with E-state index >= 15 is 0 Å². The Labute approximate surface area is 200 Å². The first-order valence-corrected chi connectivity index (χ1v) is 11.6. The Kier molecular flexibility index (Phi) is 8.50. The van der Waals surface area contributed by atoms with Crippen LogP contribution in [0.3, 0.4) is 0 Å². The van der Waals surface area contributed by atoms with Crippen LogP contribution in [-0.2, 0) is 28.6 Å². The summed E-state index contributed by atoms with van der Waals surface area (Å²) >= 11 is 0. The Balaban J connectivity index is 2.06. The molecule has 0 fully saturated rings. The summed E-state index contributed by atoms with van der Waals surface area (Å²) in [4.78, 5) is 39.4. The zero-order valence-corrected chi connectivity index (χ0v) is 20.4. The third-order valence-electron chi connectivity index (χ3n) is 6.15. The molecule has 0 aromatic heterocycles. The van der Waals surface area contributed by atoms with E-state index in [0.29, 0.717) is 42.2 Å². The summed E-state index contributed by atoms with van der Waals surface area (Å²) in [5.41, 5.74) is 2.82. The van der Waals surface area contributed by atoms with Crippen LogP contribution >= 0.6 is 0 Å². The minimum Gasteiger partial charge on any atom is -0.494 e. The molecular formula is C26H33NO7. The summed E-state index contributed by atoms with van der Waals surface area (Å²) in [6, 6.07) is 7.29. The van der Waals surface area contributed by atoms with Crippen LogP contribution in [0.5, 0.6) is 5.75 Å². The number of methoxy groups -OCH3 is 1. The van der Waals surface area contributed by atoms with Gasteiger partial charge in [-0.25, -0.2) is 4.79 Å². The molecule has 2 aliphatic rings. The van der Waals surface area contributed by atoms with Gasteiger partial charge in [0.05, 0.1) is 25.9 Å². The van der Waals surface area contributed by atoms with Gasteiger partial charge in [-0.3, -0.25) is 9.59 Å². The second kappa shape index (κ2) is 11.3. The summed E-state index contributed by atoms with van der Waals surface area (Å²) in [6.07, 6.45) is 0.485. The Bertz CT molecular complexity index is 993. The number of hydrogen-bond acceptors (Lipinski definition) is 8. The molecule has 1 aliphatic carbocycles. The van der Waals surface area contributed by atoms with E-state index in [1.165, 1.54) is 7.11 Å². The molecule has 0 bridgehead atoms. The van der Waals surface area contributed by atoms with E-state index in [2.05, 4.69) is 5.32 Å². The van der Waals surface area contributed by atoms with Gasteiger partial charge in [-0.05, 0) is 50.8 Å². The lowest BCUT2D eigenvalue weighted by Crippen LogP contribution is -2.43. The van der Waals surface area contributed by atoms with Gasteiger partial charge in [0.15, 0.2) is 5.78 Å². The maximum absolute atomic E-state index is 13.7. The van der Waals surface area contributed by atoms with Crippen molar-refractivity contribution in [1.29, 1.82) is 0 Å². The standard InChI is InChI=1S/C26H33NO7/c1-6-32-12-13-34-26(30)21-16(4)27-19-14-15(3)20(25(29)31-5)24(28)23(19)22(21)17-8-10-18(11-9-17)33-7-2/h8-11,15,20,22,27H,6-7,12-14H2,1-5H3/t15-,20-,22-/m1/s1. The van der Waals surface area contributed by atoms with Crippen molar-refractivity contribution < 1.29 is 33.3 Å². The lowest BCUT2D eigenvalue weighted by atomic mass is 9.69. The van der Waals surface area contributed by atoms with Crippen molar-refractivity contribution >= 4 is 17.7 Å². The summed E-state index contributed by atoms with van der Waals surface area (Å²) in [5, 5.41) is 3.25. The number of esters is 2. The number of ether oxygens (including phenoxy) is 4. The van der Waals surface area contributed by atoms with E-state index in [1.54, 1.807) is 6.92 Å². The van der Waals surface area contributed by atoms with Gasteiger partial charge >= 0.3 is 11.9 Å². The number of nitrogens with one attached hydrogen (secondary N) is 1. The van der Waals surface area contributed by atoms with Crippen LogP contribution in [0.2, 0.25) is 0 Å². The molecule has 0 saturated carbocycles. The number of dihydropyridines is 1. The monoisotopic (exact) mass is 471 g/mol. The number of ketones is 1. The zero-order chi connectivity index (χ0) is 24.8. The molecule has 1 N–H and O–H groups in total. The average molecular weight is 472 g/mol. The number of hydrogen-bond donors (Lipinski definition) is 1. The number of rotatable bonds is 9. The predicted molar refractivity (Wildman–Crippen MR) is 125 cm³/mol. The van der Waals surface area contributed by atoms with Crippen molar-refractivity contribution in [2.24, 2.45) is 11.8 Å². The zero-order valence-electron chi connectivity index (χ0n) is 20.4. The first kappa shape index (κ1) is 25.5. The highest BCUT2D eigenvalue weighted by atomic mass is 16.6. The van der Waals surface area contributed by atoms with Gasteiger partial charge in [0.25, 0.3) is 0 Å². The summed E-state index contributed by atoms with van der Waals surface area (Å²) in [6.45, 7) is 8.84. The quantitative estimate of drug-likeness (QED) is 0.333. The molecule has 0 unspecified atom stereocenters. The van der Waals surface area contributed by atoms with Crippen LogP contribution in [0.15, 0.2) is 46.8 Å². The summed E-state index contributed by atoms with van der Waals surface area (Å²) in [7, 11) is 1.28. The van der Waals surface area contributed by atoms with E-state index in [-0.39, 0.29) is 24.9 Å². The van der Waals surface area contributed by atoms with Gasteiger partial charge in [0, 0.05) is 29.5 Å². The molecule has 8 heteroatoms. The summed E-state index contributed by atoms with van der Waals surface area (Å²) in [5.74, 6) is -2.59. The average Bonchev–Trinajstić information content (AvgIpc) is 2.81. The molecule has 0 radical (unpaired) electrons.